The van der Waals surface area contributed by atoms with Gasteiger partial charge in [-0.3, -0.25) is 0 Å². The molecule has 52 valence electrons. The van der Waals surface area contributed by atoms with E-state index in [4.69, 9.17) is 5.73 Å². The van der Waals surface area contributed by atoms with Crippen LogP contribution in [-0.4, -0.2) is 16.5 Å². The van der Waals surface area contributed by atoms with Gasteiger partial charge in [0.1, 0.15) is 0 Å². The molecule has 9 heavy (non-hydrogen) atoms. The molecule has 2 unspecified atom stereocenters. The van der Waals surface area contributed by atoms with Crippen molar-refractivity contribution in [3.63, 3.8) is 0 Å². The first-order valence-electron chi connectivity index (χ1n) is 3.75. The molecule has 2 aliphatic rings. The van der Waals surface area contributed by atoms with Gasteiger partial charge in [-0.2, -0.15) is 11.8 Å². The fraction of sp³-hybridized carbons (Fsp3) is 1.00. The third-order valence-corrected chi connectivity index (χ3v) is 3.95. The lowest BCUT2D eigenvalue weighted by Gasteiger charge is -2.23. The molecule has 2 N–H and O–H groups in total. The molecule has 2 saturated heterocycles. The molecule has 1 nitrogen and oxygen atoms in total. The Bertz CT molecular complexity index is 103. The van der Waals surface area contributed by atoms with E-state index in [1.54, 1.807) is 0 Å². The van der Waals surface area contributed by atoms with Crippen LogP contribution in [0.25, 0.3) is 0 Å². The minimum absolute atomic E-state index is 0.531. The van der Waals surface area contributed by atoms with Gasteiger partial charge in [-0.15, -0.1) is 0 Å². The van der Waals surface area contributed by atoms with Crippen molar-refractivity contribution in [1.82, 2.24) is 0 Å². The smallest absolute Gasteiger partial charge is 0.00649 e. The Morgan fingerprint density at radius 2 is 1.67 bits per heavy atom. The minimum Gasteiger partial charge on any atom is -0.328 e. The van der Waals surface area contributed by atoms with Gasteiger partial charge >= 0.3 is 0 Å². The second kappa shape index (κ2) is 2.17. The van der Waals surface area contributed by atoms with Gasteiger partial charge in [0, 0.05) is 16.5 Å². The first kappa shape index (κ1) is 6.05. The first-order valence-corrected chi connectivity index (χ1v) is 4.70. The Morgan fingerprint density at radius 3 is 2.22 bits per heavy atom. The summed E-state index contributed by atoms with van der Waals surface area (Å²) >= 11 is 2.18. The largest absolute Gasteiger partial charge is 0.328 e. The molecule has 2 aliphatic heterocycles. The summed E-state index contributed by atoms with van der Waals surface area (Å²) in [4.78, 5) is 0. The van der Waals surface area contributed by atoms with Crippen LogP contribution in [-0.2, 0) is 0 Å². The lowest BCUT2D eigenvalue weighted by atomic mass is 10.1. The van der Waals surface area contributed by atoms with Crippen molar-refractivity contribution in [3.8, 4) is 0 Å². The molecule has 2 fully saturated rings. The van der Waals surface area contributed by atoms with Crippen molar-refractivity contribution in [2.24, 2.45) is 5.73 Å². The standard InChI is InChI=1S/C7H13NS/c8-5-3-6-1-2-7(4-5)9-6/h5-7H,1-4,8H2. The van der Waals surface area contributed by atoms with Crippen LogP contribution in [0.2, 0.25) is 0 Å². The van der Waals surface area contributed by atoms with Crippen molar-refractivity contribution in [1.29, 1.82) is 0 Å². The Morgan fingerprint density at radius 1 is 1.11 bits per heavy atom. The summed E-state index contributed by atoms with van der Waals surface area (Å²) in [5, 5.41) is 1.86. The van der Waals surface area contributed by atoms with E-state index >= 15 is 0 Å². The van der Waals surface area contributed by atoms with Crippen molar-refractivity contribution in [2.45, 2.75) is 42.2 Å². The second-order valence-electron chi connectivity index (χ2n) is 3.19. The van der Waals surface area contributed by atoms with Gasteiger partial charge in [-0.1, -0.05) is 0 Å². The van der Waals surface area contributed by atoms with Crippen LogP contribution in [0, 0.1) is 0 Å². The van der Waals surface area contributed by atoms with E-state index in [1.165, 1.54) is 25.7 Å². The second-order valence-corrected chi connectivity index (χ2v) is 4.79. The molecule has 2 heterocycles. The molecular formula is C7H13NS. The molecule has 0 amide bonds. The predicted molar refractivity (Wildman–Crippen MR) is 41.6 cm³/mol. The van der Waals surface area contributed by atoms with Gasteiger partial charge in [0.05, 0.1) is 0 Å². The Balaban J connectivity index is 2.03. The van der Waals surface area contributed by atoms with Gasteiger partial charge in [-0.05, 0) is 25.7 Å². The highest BCUT2D eigenvalue weighted by molar-refractivity contribution is 8.00. The van der Waals surface area contributed by atoms with E-state index in [-0.39, 0.29) is 0 Å². The molecule has 0 aromatic rings. The average molecular weight is 143 g/mol. The summed E-state index contributed by atoms with van der Waals surface area (Å²) in [5.41, 5.74) is 5.84. The van der Waals surface area contributed by atoms with Crippen LogP contribution >= 0.6 is 11.8 Å². The monoisotopic (exact) mass is 143 g/mol. The number of thioether (sulfide) groups is 1. The van der Waals surface area contributed by atoms with E-state index < -0.39 is 0 Å². The third-order valence-electron chi connectivity index (χ3n) is 2.33. The Labute approximate surface area is 60.4 Å². The summed E-state index contributed by atoms with van der Waals surface area (Å²) < 4.78 is 0. The number of hydrogen-bond donors (Lipinski definition) is 1. The van der Waals surface area contributed by atoms with Crippen LogP contribution in [0.1, 0.15) is 25.7 Å². The molecule has 0 radical (unpaired) electrons. The highest BCUT2D eigenvalue weighted by atomic mass is 32.2. The lowest BCUT2D eigenvalue weighted by molar-refractivity contribution is 0.574. The van der Waals surface area contributed by atoms with Crippen molar-refractivity contribution >= 4 is 11.8 Å². The number of hydrogen-bond acceptors (Lipinski definition) is 2. The maximum atomic E-state index is 5.84. The number of nitrogens with two attached hydrogens (primary N) is 1. The fourth-order valence-electron chi connectivity index (χ4n) is 1.90. The molecule has 0 saturated carbocycles. The van der Waals surface area contributed by atoms with Crippen molar-refractivity contribution in [2.75, 3.05) is 0 Å². The maximum Gasteiger partial charge on any atom is 0.00649 e. The van der Waals surface area contributed by atoms with E-state index in [1.807, 2.05) is 0 Å². The van der Waals surface area contributed by atoms with Gasteiger partial charge in [0.25, 0.3) is 0 Å². The first-order chi connectivity index (χ1) is 4.34. The fourth-order valence-corrected chi connectivity index (χ4v) is 3.70. The molecule has 0 spiro atoms. The molecule has 2 bridgehead atoms. The van der Waals surface area contributed by atoms with Gasteiger partial charge in [-0.25, -0.2) is 0 Å². The van der Waals surface area contributed by atoms with Crippen LogP contribution in [0.15, 0.2) is 0 Å². The maximum absolute atomic E-state index is 5.84. The summed E-state index contributed by atoms with van der Waals surface area (Å²) in [7, 11) is 0. The van der Waals surface area contributed by atoms with E-state index in [0.29, 0.717) is 6.04 Å². The quantitative estimate of drug-likeness (QED) is 0.554. The third kappa shape index (κ3) is 1.10. The highest BCUT2D eigenvalue weighted by Gasteiger charge is 2.32. The minimum atomic E-state index is 0.531. The zero-order valence-electron chi connectivity index (χ0n) is 5.55. The van der Waals surface area contributed by atoms with Crippen LogP contribution in [0.4, 0.5) is 0 Å². The zero-order chi connectivity index (χ0) is 6.27. The predicted octanol–water partition coefficient (Wildman–Crippen LogP) is 1.37. The number of rotatable bonds is 0. The number of fused-ring (bicyclic) bond motifs is 2. The van der Waals surface area contributed by atoms with Crippen molar-refractivity contribution in [3.05, 3.63) is 0 Å². The average Bonchev–Trinajstić information content (AvgIpc) is 2.11. The summed E-state index contributed by atoms with van der Waals surface area (Å²) in [6, 6.07) is 0.531. The van der Waals surface area contributed by atoms with Crippen LogP contribution in [0.5, 0.6) is 0 Å². The van der Waals surface area contributed by atoms with E-state index in [2.05, 4.69) is 11.8 Å². The molecule has 2 rings (SSSR count). The van der Waals surface area contributed by atoms with Crippen molar-refractivity contribution < 1.29 is 0 Å². The molecule has 0 aromatic carbocycles. The zero-order valence-corrected chi connectivity index (χ0v) is 6.36. The summed E-state index contributed by atoms with van der Waals surface area (Å²) in [6.45, 7) is 0. The van der Waals surface area contributed by atoms with E-state index in [0.717, 1.165) is 10.5 Å². The Hall–Kier alpha value is 0.310. The highest BCUT2D eigenvalue weighted by Crippen LogP contribution is 2.42. The lowest BCUT2D eigenvalue weighted by Crippen LogP contribution is -2.29. The summed E-state index contributed by atoms with van der Waals surface area (Å²) in [5.74, 6) is 0. The van der Waals surface area contributed by atoms with Crippen LogP contribution in [0.3, 0.4) is 0 Å². The van der Waals surface area contributed by atoms with Crippen LogP contribution < -0.4 is 5.73 Å². The topological polar surface area (TPSA) is 26.0 Å². The normalized spacial score (nSPS) is 49.7. The molecule has 2 heteroatoms. The van der Waals surface area contributed by atoms with E-state index in [9.17, 15) is 0 Å². The van der Waals surface area contributed by atoms with Gasteiger partial charge in [0.2, 0.25) is 0 Å². The molecule has 0 aromatic heterocycles. The molecular weight excluding hydrogens is 130 g/mol. The Kier molecular flexibility index (Phi) is 1.46. The molecule has 2 atom stereocenters. The molecule has 0 aliphatic carbocycles. The van der Waals surface area contributed by atoms with Gasteiger partial charge in [0.15, 0.2) is 0 Å². The summed E-state index contributed by atoms with van der Waals surface area (Å²) in [6.07, 6.45) is 5.42. The SMILES string of the molecule is NC1CC2CCC(C1)S2. The van der Waals surface area contributed by atoms with Gasteiger partial charge < -0.3 is 5.73 Å².